The highest BCUT2D eigenvalue weighted by Crippen LogP contribution is 2.41. The molecule has 0 unspecified atom stereocenters. The average Bonchev–Trinajstić information content (AvgIpc) is 3.25. The van der Waals surface area contributed by atoms with Crippen molar-refractivity contribution < 1.29 is 41.0 Å². The van der Waals surface area contributed by atoms with Gasteiger partial charge in [0.1, 0.15) is 17.7 Å². The number of ether oxygens (including phenoxy) is 3. The molecular weight excluding hydrogens is 462 g/mol. The van der Waals surface area contributed by atoms with Crippen molar-refractivity contribution in [2.45, 2.75) is 75.2 Å². The van der Waals surface area contributed by atoms with Gasteiger partial charge >= 0.3 is 6.36 Å². The van der Waals surface area contributed by atoms with Crippen molar-refractivity contribution in [2.75, 3.05) is 6.61 Å². The van der Waals surface area contributed by atoms with Gasteiger partial charge in [-0.3, -0.25) is 9.53 Å². The smallest absolute Gasteiger partial charge is 0.480 e. The Morgan fingerprint density at radius 1 is 1.12 bits per heavy atom. The molecule has 1 saturated heterocycles. The number of carbonyl (C=O) groups excluding carboxylic acids is 1. The molecule has 8 nitrogen and oxygen atoms in total. The number of nitrogens with zero attached hydrogens (tertiary/aromatic N) is 2. The van der Waals surface area contributed by atoms with Gasteiger partial charge in [-0.2, -0.15) is 0 Å². The van der Waals surface area contributed by atoms with E-state index in [9.17, 15) is 22.4 Å². The highest BCUT2D eigenvalue weighted by Gasteiger charge is 2.43. The second kappa shape index (κ2) is 9.14. The second-order valence-corrected chi connectivity index (χ2v) is 8.83. The summed E-state index contributed by atoms with van der Waals surface area (Å²) in [5.41, 5.74) is 0.747. The van der Waals surface area contributed by atoms with Crippen molar-refractivity contribution in [3.63, 3.8) is 0 Å². The van der Waals surface area contributed by atoms with Crippen LogP contribution < -0.4 is 10.1 Å². The summed E-state index contributed by atoms with van der Waals surface area (Å²) >= 11 is 0. The van der Waals surface area contributed by atoms with E-state index < -0.39 is 24.7 Å². The predicted octanol–water partition coefficient (Wildman–Crippen LogP) is 3.72. The third kappa shape index (κ3) is 5.17. The van der Waals surface area contributed by atoms with Crippen LogP contribution in [0.2, 0.25) is 0 Å². The van der Waals surface area contributed by atoms with Crippen molar-refractivity contribution in [1.82, 2.24) is 15.5 Å². The molecule has 1 amide bonds. The molecule has 1 saturated carbocycles. The van der Waals surface area contributed by atoms with E-state index in [1.54, 1.807) is 0 Å². The number of halogens is 4. The maximum atomic E-state index is 13.3. The van der Waals surface area contributed by atoms with Gasteiger partial charge in [-0.05, 0) is 62.3 Å². The first-order chi connectivity index (χ1) is 16.2. The van der Waals surface area contributed by atoms with Gasteiger partial charge < -0.3 is 19.2 Å². The Morgan fingerprint density at radius 2 is 1.91 bits per heavy atom. The molecule has 184 valence electrons. The first-order valence-electron chi connectivity index (χ1n) is 11.2. The van der Waals surface area contributed by atoms with Crippen molar-refractivity contribution in [2.24, 2.45) is 0 Å². The second-order valence-electron chi connectivity index (χ2n) is 8.83. The molecule has 1 aromatic heterocycles. The van der Waals surface area contributed by atoms with Gasteiger partial charge in [0.05, 0.1) is 18.8 Å². The number of benzene rings is 1. The maximum Gasteiger partial charge on any atom is 0.522 e. The fourth-order valence-electron chi connectivity index (χ4n) is 4.49. The third-order valence-corrected chi connectivity index (χ3v) is 6.36. The van der Waals surface area contributed by atoms with Gasteiger partial charge in [-0.25, -0.2) is 4.39 Å². The van der Waals surface area contributed by atoms with E-state index in [1.165, 1.54) is 18.2 Å². The van der Waals surface area contributed by atoms with E-state index in [-0.39, 0.29) is 54.9 Å². The summed E-state index contributed by atoms with van der Waals surface area (Å²) in [6, 6.07) is 4.04. The lowest BCUT2D eigenvalue weighted by Gasteiger charge is -2.33. The summed E-state index contributed by atoms with van der Waals surface area (Å²) in [5.74, 6) is 0.233. The van der Waals surface area contributed by atoms with Crippen molar-refractivity contribution in [1.29, 1.82) is 0 Å². The maximum absolute atomic E-state index is 13.3. The lowest BCUT2D eigenvalue weighted by atomic mass is 9.82. The van der Waals surface area contributed by atoms with Gasteiger partial charge in [0.15, 0.2) is 6.10 Å². The summed E-state index contributed by atoms with van der Waals surface area (Å²) in [7, 11) is 0. The van der Waals surface area contributed by atoms with E-state index >= 15 is 0 Å². The molecule has 1 N–H and O–H groups in total. The Morgan fingerprint density at radius 3 is 2.65 bits per heavy atom. The molecule has 2 fully saturated rings. The van der Waals surface area contributed by atoms with Crippen molar-refractivity contribution >= 4 is 5.91 Å². The van der Waals surface area contributed by atoms with Gasteiger partial charge in [0.25, 0.3) is 5.91 Å². The number of hydrogen-bond acceptors (Lipinski definition) is 7. The molecule has 5 rings (SSSR count). The molecule has 0 bridgehead atoms. The standard InChI is InChI=1S/C22H23F4N3O5/c23-13-2-5-16-11(7-13)1-4-17(32-16)19(30)27-14-3-6-18(31-10-14)21-29-28-20(33-21)12-8-15(9-12)34-22(24,25)26/h2,5,7,12,14-15,17-18H,1,3-4,6,8-10H2,(H,27,30)/t12?,14-,15?,17+,18+/m1/s1. The molecular formula is C22H23F4N3O5. The molecule has 0 radical (unpaired) electrons. The quantitative estimate of drug-likeness (QED) is 0.645. The van der Waals surface area contributed by atoms with E-state index in [0.717, 1.165) is 5.56 Å². The monoisotopic (exact) mass is 485 g/mol. The van der Waals surface area contributed by atoms with E-state index in [2.05, 4.69) is 20.3 Å². The van der Waals surface area contributed by atoms with Crippen LogP contribution in [0.15, 0.2) is 22.6 Å². The zero-order valence-corrected chi connectivity index (χ0v) is 18.0. The summed E-state index contributed by atoms with van der Waals surface area (Å²) in [4.78, 5) is 12.6. The van der Waals surface area contributed by atoms with Gasteiger partial charge in [-0.15, -0.1) is 23.4 Å². The number of hydrogen-bond donors (Lipinski definition) is 1. The minimum atomic E-state index is -4.65. The fraction of sp³-hybridized carbons (Fsp3) is 0.591. The van der Waals surface area contributed by atoms with Crippen LogP contribution in [-0.2, 0) is 20.7 Å². The number of nitrogens with one attached hydrogen (secondary N) is 1. The SMILES string of the molecule is O=C(N[C@@H]1CC[C@@H](c2nnc(C3CC(OC(F)(F)F)C3)o2)OC1)[C@@H]1CCc2cc(F)ccc2O1. The number of fused-ring (bicyclic) bond motifs is 1. The molecule has 3 aliphatic rings. The topological polar surface area (TPSA) is 95.7 Å². The zero-order chi connectivity index (χ0) is 23.9. The van der Waals surface area contributed by atoms with Gasteiger partial charge in [-0.1, -0.05) is 0 Å². The van der Waals surface area contributed by atoms with Crippen LogP contribution in [0, 0.1) is 5.82 Å². The van der Waals surface area contributed by atoms with Crippen LogP contribution in [0.5, 0.6) is 5.75 Å². The summed E-state index contributed by atoms with van der Waals surface area (Å²) in [5, 5.41) is 10.9. The lowest BCUT2D eigenvalue weighted by Crippen LogP contribution is -2.48. The molecule has 3 atom stereocenters. The molecule has 12 heteroatoms. The molecule has 3 heterocycles. The summed E-state index contributed by atoms with van der Waals surface area (Å²) in [6.07, 6.45) is -4.13. The minimum absolute atomic E-state index is 0.170. The number of alkyl halides is 3. The molecule has 34 heavy (non-hydrogen) atoms. The first-order valence-corrected chi connectivity index (χ1v) is 11.2. The number of rotatable bonds is 5. The Hall–Kier alpha value is -2.73. The Balaban J connectivity index is 1.07. The highest BCUT2D eigenvalue weighted by molar-refractivity contribution is 5.81. The van der Waals surface area contributed by atoms with Crippen LogP contribution in [0.1, 0.15) is 61.5 Å². The van der Waals surface area contributed by atoms with Crippen LogP contribution in [0.25, 0.3) is 0 Å². The average molecular weight is 485 g/mol. The lowest BCUT2D eigenvalue weighted by molar-refractivity contribution is -0.352. The predicted molar refractivity (Wildman–Crippen MR) is 106 cm³/mol. The van der Waals surface area contributed by atoms with Crippen LogP contribution in [-0.4, -0.2) is 47.3 Å². The Bertz CT molecular complexity index is 1030. The number of aryl methyl sites for hydroxylation is 1. The van der Waals surface area contributed by atoms with Crippen LogP contribution in [0.4, 0.5) is 17.6 Å². The largest absolute Gasteiger partial charge is 0.522 e. The molecule has 1 aliphatic carbocycles. The third-order valence-electron chi connectivity index (χ3n) is 6.36. The van der Waals surface area contributed by atoms with Gasteiger partial charge in [0, 0.05) is 5.92 Å². The fourth-order valence-corrected chi connectivity index (χ4v) is 4.49. The van der Waals surface area contributed by atoms with E-state index in [1.807, 2.05) is 0 Å². The molecule has 0 spiro atoms. The Kier molecular flexibility index (Phi) is 6.19. The number of amides is 1. The number of aromatic nitrogens is 2. The first kappa shape index (κ1) is 23.0. The molecule has 2 aliphatic heterocycles. The van der Waals surface area contributed by atoms with Crippen molar-refractivity contribution in [3.05, 3.63) is 41.4 Å². The highest BCUT2D eigenvalue weighted by atomic mass is 19.4. The zero-order valence-electron chi connectivity index (χ0n) is 18.0. The van der Waals surface area contributed by atoms with Crippen LogP contribution >= 0.6 is 0 Å². The summed E-state index contributed by atoms with van der Waals surface area (Å²) < 4.78 is 71.3. The molecule has 2 aromatic rings. The minimum Gasteiger partial charge on any atom is -0.480 e. The van der Waals surface area contributed by atoms with Crippen LogP contribution in [0.3, 0.4) is 0 Å². The van der Waals surface area contributed by atoms with E-state index in [0.29, 0.717) is 31.4 Å². The van der Waals surface area contributed by atoms with E-state index in [4.69, 9.17) is 13.9 Å². The summed E-state index contributed by atoms with van der Waals surface area (Å²) in [6.45, 7) is 0.244. The van der Waals surface area contributed by atoms with Crippen molar-refractivity contribution in [3.8, 4) is 5.75 Å². The number of carbonyl (C=O) groups is 1. The normalized spacial score (nSPS) is 29.0. The van der Waals surface area contributed by atoms with Gasteiger partial charge in [0.2, 0.25) is 11.8 Å². The molecule has 1 aromatic carbocycles. The Labute approximate surface area is 191 Å².